The highest BCUT2D eigenvalue weighted by molar-refractivity contribution is 5.59. The summed E-state index contributed by atoms with van der Waals surface area (Å²) in [7, 11) is 0. The van der Waals surface area contributed by atoms with E-state index in [1.807, 2.05) is 6.20 Å². The number of nitrogens with one attached hydrogen (secondary N) is 1. The number of anilines is 1. The van der Waals surface area contributed by atoms with Gasteiger partial charge in [-0.1, -0.05) is 6.92 Å². The van der Waals surface area contributed by atoms with Crippen molar-refractivity contribution < 1.29 is 0 Å². The van der Waals surface area contributed by atoms with E-state index in [0.29, 0.717) is 0 Å². The molecule has 1 aliphatic heterocycles. The minimum absolute atomic E-state index is 0.0666. The predicted octanol–water partition coefficient (Wildman–Crippen LogP) is 2.06. The van der Waals surface area contributed by atoms with Crippen LogP contribution in [0.1, 0.15) is 23.7 Å². The van der Waals surface area contributed by atoms with E-state index in [1.165, 1.54) is 11.1 Å². The van der Waals surface area contributed by atoms with E-state index in [-0.39, 0.29) is 5.92 Å². The van der Waals surface area contributed by atoms with Crippen LogP contribution in [0, 0.1) is 24.2 Å². The average Bonchev–Trinajstić information content (AvgIpc) is 2.29. The third kappa shape index (κ3) is 1.68. The van der Waals surface area contributed by atoms with Gasteiger partial charge in [-0.2, -0.15) is 5.26 Å². The normalized spacial score (nSPS) is 18.9. The minimum Gasteiger partial charge on any atom is -0.382 e. The van der Waals surface area contributed by atoms with Crippen molar-refractivity contribution in [3.05, 3.63) is 23.0 Å². The molecule has 1 aromatic rings. The molecule has 3 heteroatoms. The van der Waals surface area contributed by atoms with Crippen molar-refractivity contribution in [2.24, 2.45) is 5.92 Å². The molecule has 0 saturated heterocycles. The smallest absolute Gasteiger partial charge is 0.0692 e. The third-order valence-electron chi connectivity index (χ3n) is 3.05. The van der Waals surface area contributed by atoms with Crippen molar-refractivity contribution >= 4 is 5.69 Å². The molecule has 78 valence electrons. The van der Waals surface area contributed by atoms with Crippen LogP contribution >= 0.6 is 0 Å². The van der Waals surface area contributed by atoms with Crippen LogP contribution in [0.25, 0.3) is 0 Å². The molecule has 0 spiro atoms. The Balaban J connectivity index is 2.40. The van der Waals surface area contributed by atoms with Crippen LogP contribution < -0.4 is 5.32 Å². The number of nitriles is 1. The number of fused-ring (bicyclic) bond motifs is 1. The molecule has 1 atom stereocenters. The fourth-order valence-corrected chi connectivity index (χ4v) is 2.06. The zero-order valence-corrected chi connectivity index (χ0v) is 9.17. The molecular weight excluding hydrogens is 186 g/mol. The Kier molecular flexibility index (Phi) is 2.59. The van der Waals surface area contributed by atoms with Crippen molar-refractivity contribution in [1.82, 2.24) is 4.98 Å². The van der Waals surface area contributed by atoms with Gasteiger partial charge in [-0.25, -0.2) is 0 Å². The Bertz CT molecular complexity index is 418. The average molecular weight is 201 g/mol. The van der Waals surface area contributed by atoms with Gasteiger partial charge in [0.25, 0.3) is 0 Å². The molecule has 3 nitrogen and oxygen atoms in total. The maximum atomic E-state index is 8.87. The monoisotopic (exact) mass is 201 g/mol. The molecule has 15 heavy (non-hydrogen) atoms. The summed E-state index contributed by atoms with van der Waals surface area (Å²) < 4.78 is 0. The number of pyridine rings is 1. The van der Waals surface area contributed by atoms with Crippen molar-refractivity contribution in [1.29, 1.82) is 5.26 Å². The largest absolute Gasteiger partial charge is 0.382 e. The fraction of sp³-hybridized carbons (Fsp3) is 0.500. The molecule has 0 fully saturated rings. The number of rotatable bonds is 1. The lowest BCUT2D eigenvalue weighted by molar-refractivity contribution is 0.656. The number of hydrogen-bond acceptors (Lipinski definition) is 3. The highest BCUT2D eigenvalue weighted by atomic mass is 14.9. The summed E-state index contributed by atoms with van der Waals surface area (Å²) in [6, 6.07) is 2.29. The lowest BCUT2D eigenvalue weighted by atomic mass is 9.95. The van der Waals surface area contributed by atoms with Gasteiger partial charge in [-0.3, -0.25) is 4.98 Å². The molecule has 1 aliphatic rings. The second-order valence-corrected chi connectivity index (χ2v) is 3.99. The first-order valence-electron chi connectivity index (χ1n) is 5.37. The number of aromatic nitrogens is 1. The van der Waals surface area contributed by atoms with E-state index in [4.69, 9.17) is 5.26 Å². The molecule has 0 amide bonds. The van der Waals surface area contributed by atoms with Gasteiger partial charge in [0, 0.05) is 19.2 Å². The zero-order valence-electron chi connectivity index (χ0n) is 9.17. The van der Waals surface area contributed by atoms with Gasteiger partial charge in [0.2, 0.25) is 0 Å². The quantitative estimate of drug-likeness (QED) is 0.756. The molecule has 1 aromatic heterocycles. The lowest BCUT2D eigenvalue weighted by Crippen LogP contribution is -2.24. The Morgan fingerprint density at radius 3 is 3.13 bits per heavy atom. The first-order chi connectivity index (χ1) is 7.26. The molecule has 0 saturated carbocycles. The van der Waals surface area contributed by atoms with Crippen LogP contribution in [0.2, 0.25) is 0 Å². The summed E-state index contributed by atoms with van der Waals surface area (Å²) in [6.07, 6.45) is 3.73. The van der Waals surface area contributed by atoms with Gasteiger partial charge in [0.05, 0.1) is 23.4 Å². The van der Waals surface area contributed by atoms with Gasteiger partial charge in [-0.15, -0.1) is 0 Å². The Hall–Kier alpha value is -1.56. The fourth-order valence-electron chi connectivity index (χ4n) is 2.06. The predicted molar refractivity (Wildman–Crippen MR) is 59.6 cm³/mol. The Labute approximate surface area is 90.1 Å². The number of aryl methyl sites for hydroxylation is 1. The molecule has 0 radical (unpaired) electrons. The van der Waals surface area contributed by atoms with Crippen LogP contribution in [0.5, 0.6) is 0 Å². The summed E-state index contributed by atoms with van der Waals surface area (Å²) in [6.45, 7) is 5.01. The molecule has 0 aromatic carbocycles. The molecule has 0 aliphatic carbocycles. The second kappa shape index (κ2) is 3.90. The first-order valence-corrected chi connectivity index (χ1v) is 5.37. The first kappa shape index (κ1) is 9.97. The highest BCUT2D eigenvalue weighted by Gasteiger charge is 2.20. The second-order valence-electron chi connectivity index (χ2n) is 3.99. The molecular formula is C12H15N3. The summed E-state index contributed by atoms with van der Waals surface area (Å²) in [5.74, 6) is 0.0666. The van der Waals surface area contributed by atoms with Crippen molar-refractivity contribution in [3.8, 4) is 6.07 Å². The summed E-state index contributed by atoms with van der Waals surface area (Å²) in [4.78, 5) is 4.44. The summed E-state index contributed by atoms with van der Waals surface area (Å²) in [5, 5.41) is 12.2. The molecule has 2 rings (SSSR count). The molecule has 2 heterocycles. The van der Waals surface area contributed by atoms with Gasteiger partial charge < -0.3 is 5.32 Å². The number of hydrogen-bond donors (Lipinski definition) is 1. The van der Waals surface area contributed by atoms with Crippen molar-refractivity contribution in [2.75, 3.05) is 11.9 Å². The highest BCUT2D eigenvalue weighted by Crippen LogP contribution is 2.28. The van der Waals surface area contributed by atoms with E-state index < -0.39 is 0 Å². The standard InChI is InChI=1S/C12H15N3/c1-3-10-7-14-11-4-9(5-13)6-15-12(11)8(10)2/h7,9,15H,3-4,6H2,1-2H3. The molecule has 1 N–H and O–H groups in total. The topological polar surface area (TPSA) is 48.7 Å². The van der Waals surface area contributed by atoms with Crippen LogP contribution in [-0.4, -0.2) is 11.5 Å². The summed E-state index contributed by atoms with van der Waals surface area (Å²) in [5.41, 5.74) is 4.78. The van der Waals surface area contributed by atoms with E-state index >= 15 is 0 Å². The van der Waals surface area contributed by atoms with Crippen molar-refractivity contribution in [2.45, 2.75) is 26.7 Å². The van der Waals surface area contributed by atoms with E-state index in [0.717, 1.165) is 30.8 Å². The maximum Gasteiger partial charge on any atom is 0.0692 e. The van der Waals surface area contributed by atoms with Crippen LogP contribution in [-0.2, 0) is 12.8 Å². The van der Waals surface area contributed by atoms with Gasteiger partial charge in [-0.05, 0) is 24.5 Å². The minimum atomic E-state index is 0.0666. The molecule has 0 bridgehead atoms. The third-order valence-corrected chi connectivity index (χ3v) is 3.05. The Morgan fingerprint density at radius 2 is 2.47 bits per heavy atom. The summed E-state index contributed by atoms with van der Waals surface area (Å²) >= 11 is 0. The van der Waals surface area contributed by atoms with Crippen LogP contribution in [0.3, 0.4) is 0 Å². The van der Waals surface area contributed by atoms with Crippen LogP contribution in [0.15, 0.2) is 6.20 Å². The SMILES string of the molecule is CCc1cnc2c(c1C)NCC(C#N)C2. The van der Waals surface area contributed by atoms with Gasteiger partial charge in [0.15, 0.2) is 0 Å². The van der Waals surface area contributed by atoms with E-state index in [2.05, 4.69) is 30.2 Å². The van der Waals surface area contributed by atoms with E-state index in [1.54, 1.807) is 0 Å². The molecule has 1 unspecified atom stereocenters. The van der Waals surface area contributed by atoms with Gasteiger partial charge >= 0.3 is 0 Å². The Morgan fingerprint density at radius 1 is 1.67 bits per heavy atom. The lowest BCUT2D eigenvalue weighted by Gasteiger charge is -2.23. The van der Waals surface area contributed by atoms with Crippen LogP contribution in [0.4, 0.5) is 5.69 Å². The van der Waals surface area contributed by atoms with Gasteiger partial charge in [0.1, 0.15) is 0 Å². The maximum absolute atomic E-state index is 8.87. The van der Waals surface area contributed by atoms with E-state index in [9.17, 15) is 0 Å². The number of nitrogens with zero attached hydrogens (tertiary/aromatic N) is 2. The van der Waals surface area contributed by atoms with Crippen molar-refractivity contribution in [3.63, 3.8) is 0 Å². The zero-order chi connectivity index (χ0) is 10.8.